The molecule has 0 spiro atoms. The van der Waals surface area contributed by atoms with Crippen LogP contribution in [0.25, 0.3) is 10.9 Å². The maximum Gasteiger partial charge on any atom is 0.101 e. The molecule has 0 radical (unpaired) electrons. The molecule has 98 valence electrons. The summed E-state index contributed by atoms with van der Waals surface area (Å²) in [4.78, 5) is 3.33. The quantitative estimate of drug-likeness (QED) is 0.771. The van der Waals surface area contributed by atoms with Gasteiger partial charge in [-0.2, -0.15) is 5.26 Å². The number of aryl methyl sites for hydroxylation is 2. The van der Waals surface area contributed by atoms with Crippen LogP contribution >= 0.6 is 0 Å². The number of fused-ring (bicyclic) bond motifs is 1. The molecule has 0 bridgehead atoms. The van der Waals surface area contributed by atoms with E-state index in [4.69, 9.17) is 0 Å². The zero-order valence-electron chi connectivity index (χ0n) is 11.3. The lowest BCUT2D eigenvalue weighted by Crippen LogP contribution is -2.22. The van der Waals surface area contributed by atoms with Crippen LogP contribution in [0, 0.1) is 25.2 Å². The Hall–Kier alpha value is -1.99. The van der Waals surface area contributed by atoms with Crippen LogP contribution in [0.2, 0.25) is 0 Å². The fourth-order valence-electron chi connectivity index (χ4n) is 2.80. The average molecular weight is 254 g/mol. The second kappa shape index (κ2) is 4.60. The Morgan fingerprint density at radius 2 is 2.21 bits per heavy atom. The number of aromatic amines is 1. The van der Waals surface area contributed by atoms with Crippen molar-refractivity contribution in [2.75, 3.05) is 18.4 Å². The smallest absolute Gasteiger partial charge is 0.101 e. The van der Waals surface area contributed by atoms with E-state index in [0.29, 0.717) is 11.6 Å². The van der Waals surface area contributed by atoms with E-state index in [1.807, 2.05) is 12.1 Å². The van der Waals surface area contributed by atoms with E-state index in [2.05, 4.69) is 35.5 Å². The molecule has 1 saturated heterocycles. The Kier molecular flexibility index (Phi) is 2.92. The summed E-state index contributed by atoms with van der Waals surface area (Å²) >= 11 is 0. The van der Waals surface area contributed by atoms with E-state index in [0.717, 1.165) is 41.8 Å². The molecule has 2 aromatic rings. The molecule has 4 heteroatoms. The van der Waals surface area contributed by atoms with E-state index in [9.17, 15) is 5.26 Å². The number of nitrogens with zero attached hydrogens (tertiary/aromatic N) is 1. The molecular formula is C15H18N4. The number of hydrogen-bond acceptors (Lipinski definition) is 3. The van der Waals surface area contributed by atoms with Crippen molar-refractivity contribution in [1.29, 1.82) is 5.26 Å². The molecule has 19 heavy (non-hydrogen) atoms. The van der Waals surface area contributed by atoms with Gasteiger partial charge in [-0.15, -0.1) is 0 Å². The molecular weight excluding hydrogens is 236 g/mol. The number of aromatic nitrogens is 1. The third-order valence-corrected chi connectivity index (χ3v) is 4.00. The van der Waals surface area contributed by atoms with Crippen LogP contribution in [0.1, 0.15) is 23.2 Å². The van der Waals surface area contributed by atoms with E-state index in [1.165, 1.54) is 5.56 Å². The molecule has 3 rings (SSSR count). The number of benzene rings is 1. The zero-order valence-corrected chi connectivity index (χ0v) is 11.3. The third kappa shape index (κ3) is 1.96. The largest absolute Gasteiger partial charge is 0.380 e. The molecule has 1 aliphatic rings. The van der Waals surface area contributed by atoms with Crippen molar-refractivity contribution in [2.24, 2.45) is 0 Å². The SMILES string of the molecule is Cc1[nH]c2c(C#N)ccc(N[C@@H]3CCNC3)c2c1C. The molecule has 0 saturated carbocycles. The van der Waals surface area contributed by atoms with Gasteiger partial charge in [0.1, 0.15) is 6.07 Å². The molecule has 0 aliphatic carbocycles. The second-order valence-corrected chi connectivity index (χ2v) is 5.23. The second-order valence-electron chi connectivity index (χ2n) is 5.23. The van der Waals surface area contributed by atoms with Gasteiger partial charge in [0.15, 0.2) is 0 Å². The Bertz CT molecular complexity index is 657. The van der Waals surface area contributed by atoms with Crippen LogP contribution in [-0.2, 0) is 0 Å². The molecule has 1 aromatic carbocycles. The highest BCUT2D eigenvalue weighted by molar-refractivity contribution is 5.99. The summed E-state index contributed by atoms with van der Waals surface area (Å²) in [5.41, 5.74) is 5.14. The molecule has 3 N–H and O–H groups in total. The number of hydrogen-bond donors (Lipinski definition) is 3. The molecule has 4 nitrogen and oxygen atoms in total. The fourth-order valence-corrected chi connectivity index (χ4v) is 2.80. The van der Waals surface area contributed by atoms with Gasteiger partial charge < -0.3 is 15.6 Å². The Labute approximate surface area is 112 Å². The summed E-state index contributed by atoms with van der Waals surface area (Å²) in [6.45, 7) is 6.23. The van der Waals surface area contributed by atoms with E-state index < -0.39 is 0 Å². The van der Waals surface area contributed by atoms with Crippen LogP contribution in [0.4, 0.5) is 5.69 Å². The zero-order chi connectivity index (χ0) is 13.4. The fraction of sp³-hybridized carbons (Fsp3) is 0.400. The number of H-pyrrole nitrogens is 1. The maximum absolute atomic E-state index is 9.21. The van der Waals surface area contributed by atoms with Crippen LogP contribution in [0.15, 0.2) is 12.1 Å². The molecule has 0 unspecified atom stereocenters. The predicted molar refractivity (Wildman–Crippen MR) is 77.4 cm³/mol. The molecule has 1 aliphatic heterocycles. The van der Waals surface area contributed by atoms with Gasteiger partial charge in [0, 0.05) is 29.4 Å². The monoisotopic (exact) mass is 254 g/mol. The first-order valence-electron chi connectivity index (χ1n) is 6.70. The summed E-state index contributed by atoms with van der Waals surface area (Å²) in [7, 11) is 0. The standard InChI is InChI=1S/C15H18N4/c1-9-10(2)18-15-11(7-16)3-4-13(14(9)15)19-12-5-6-17-8-12/h3-4,12,17-19H,5-6,8H2,1-2H3/t12-/m1/s1. The van der Waals surface area contributed by atoms with Crippen LogP contribution in [-0.4, -0.2) is 24.1 Å². The minimum atomic E-state index is 0.478. The van der Waals surface area contributed by atoms with Gasteiger partial charge in [-0.25, -0.2) is 0 Å². The van der Waals surface area contributed by atoms with E-state index in [-0.39, 0.29) is 0 Å². The van der Waals surface area contributed by atoms with E-state index >= 15 is 0 Å². The van der Waals surface area contributed by atoms with Crippen molar-refractivity contribution in [3.63, 3.8) is 0 Å². The first-order valence-corrected chi connectivity index (χ1v) is 6.70. The summed E-state index contributed by atoms with van der Waals surface area (Å²) in [6.07, 6.45) is 1.14. The lowest BCUT2D eigenvalue weighted by atomic mass is 10.1. The molecule has 1 fully saturated rings. The highest BCUT2D eigenvalue weighted by Gasteiger charge is 2.18. The topological polar surface area (TPSA) is 63.6 Å². The minimum absolute atomic E-state index is 0.478. The lowest BCUT2D eigenvalue weighted by molar-refractivity contribution is 0.794. The summed E-state index contributed by atoms with van der Waals surface area (Å²) < 4.78 is 0. The van der Waals surface area contributed by atoms with Crippen molar-refractivity contribution in [1.82, 2.24) is 10.3 Å². The van der Waals surface area contributed by atoms with Gasteiger partial charge in [-0.3, -0.25) is 0 Å². The van der Waals surface area contributed by atoms with Crippen molar-refractivity contribution in [3.8, 4) is 6.07 Å². The van der Waals surface area contributed by atoms with Gasteiger partial charge >= 0.3 is 0 Å². The summed E-state index contributed by atoms with van der Waals surface area (Å²) in [6, 6.07) is 6.66. The van der Waals surface area contributed by atoms with Gasteiger partial charge in [-0.1, -0.05) is 0 Å². The first kappa shape index (κ1) is 12.1. The molecule has 1 atom stereocenters. The first-order chi connectivity index (χ1) is 9.20. The molecule has 1 aromatic heterocycles. The van der Waals surface area contributed by atoms with Crippen LogP contribution in [0.5, 0.6) is 0 Å². The van der Waals surface area contributed by atoms with Gasteiger partial charge in [-0.05, 0) is 44.5 Å². The maximum atomic E-state index is 9.21. The van der Waals surface area contributed by atoms with Crippen molar-refractivity contribution < 1.29 is 0 Å². The summed E-state index contributed by atoms with van der Waals surface area (Å²) in [5, 5.41) is 17.3. The summed E-state index contributed by atoms with van der Waals surface area (Å²) in [5.74, 6) is 0. The number of anilines is 1. The Morgan fingerprint density at radius 1 is 1.37 bits per heavy atom. The normalized spacial score (nSPS) is 18.7. The Balaban J connectivity index is 2.11. The number of rotatable bonds is 2. The lowest BCUT2D eigenvalue weighted by Gasteiger charge is -2.14. The Morgan fingerprint density at radius 3 is 2.89 bits per heavy atom. The van der Waals surface area contributed by atoms with Crippen molar-refractivity contribution in [3.05, 3.63) is 29.0 Å². The van der Waals surface area contributed by atoms with Crippen molar-refractivity contribution >= 4 is 16.6 Å². The third-order valence-electron chi connectivity index (χ3n) is 4.00. The van der Waals surface area contributed by atoms with Gasteiger partial charge in [0.25, 0.3) is 0 Å². The number of nitriles is 1. The highest BCUT2D eigenvalue weighted by Crippen LogP contribution is 2.31. The molecule has 0 amide bonds. The average Bonchev–Trinajstić information content (AvgIpc) is 3.00. The van der Waals surface area contributed by atoms with E-state index in [1.54, 1.807) is 0 Å². The molecule has 2 heterocycles. The number of nitrogens with one attached hydrogen (secondary N) is 3. The van der Waals surface area contributed by atoms with Crippen LogP contribution in [0.3, 0.4) is 0 Å². The minimum Gasteiger partial charge on any atom is -0.380 e. The van der Waals surface area contributed by atoms with Gasteiger partial charge in [0.05, 0.1) is 11.1 Å². The van der Waals surface area contributed by atoms with Crippen molar-refractivity contribution in [2.45, 2.75) is 26.3 Å². The highest BCUT2D eigenvalue weighted by atomic mass is 15.0. The predicted octanol–water partition coefficient (Wildman–Crippen LogP) is 2.43. The van der Waals surface area contributed by atoms with Gasteiger partial charge in [0.2, 0.25) is 0 Å². The van der Waals surface area contributed by atoms with Crippen LogP contribution < -0.4 is 10.6 Å².